The number of carbonyl (C=O) groups excluding carboxylic acids is 2. The van der Waals surface area contributed by atoms with Crippen LogP contribution >= 0.6 is 0 Å². The number of piperidine rings is 1. The largest absolute Gasteiger partial charge is 0.296 e. The quantitative estimate of drug-likeness (QED) is 0.838. The highest BCUT2D eigenvalue weighted by molar-refractivity contribution is 5.99. The molecule has 3 heteroatoms. The zero-order valence-electron chi connectivity index (χ0n) is 12.3. The highest BCUT2D eigenvalue weighted by atomic mass is 16.2. The minimum atomic E-state index is -0.225. The van der Waals surface area contributed by atoms with E-state index in [4.69, 9.17) is 0 Å². The number of hydrogen-bond acceptors (Lipinski definition) is 2. The molecule has 0 saturated carbocycles. The van der Waals surface area contributed by atoms with Gasteiger partial charge in [0.05, 0.1) is 0 Å². The molecule has 0 radical (unpaired) electrons. The van der Waals surface area contributed by atoms with Crippen LogP contribution in [0.15, 0.2) is 30.3 Å². The summed E-state index contributed by atoms with van der Waals surface area (Å²) >= 11 is 0. The van der Waals surface area contributed by atoms with Crippen molar-refractivity contribution in [3.63, 3.8) is 0 Å². The Morgan fingerprint density at radius 2 is 1.90 bits per heavy atom. The average molecular weight is 273 g/mol. The van der Waals surface area contributed by atoms with E-state index >= 15 is 0 Å². The molecule has 2 rings (SSSR count). The van der Waals surface area contributed by atoms with E-state index in [1.807, 2.05) is 18.2 Å². The molecule has 20 heavy (non-hydrogen) atoms. The van der Waals surface area contributed by atoms with Crippen molar-refractivity contribution in [1.82, 2.24) is 5.32 Å². The average Bonchev–Trinajstić information content (AvgIpc) is 2.44. The molecule has 1 aromatic carbocycles. The SMILES string of the molecule is CCCC1C(=O)NC(=O)CC1(CC)Cc1ccccc1. The summed E-state index contributed by atoms with van der Waals surface area (Å²) in [5.41, 5.74) is 0.981. The van der Waals surface area contributed by atoms with E-state index in [0.29, 0.717) is 6.42 Å². The van der Waals surface area contributed by atoms with Gasteiger partial charge in [0.15, 0.2) is 0 Å². The molecule has 1 fully saturated rings. The summed E-state index contributed by atoms with van der Waals surface area (Å²) in [5, 5.41) is 2.51. The minimum Gasteiger partial charge on any atom is -0.296 e. The molecule has 0 spiro atoms. The molecule has 2 unspecified atom stereocenters. The lowest BCUT2D eigenvalue weighted by Gasteiger charge is -2.42. The van der Waals surface area contributed by atoms with Gasteiger partial charge in [0.2, 0.25) is 11.8 Å². The molecule has 2 atom stereocenters. The van der Waals surface area contributed by atoms with E-state index in [9.17, 15) is 9.59 Å². The molecule has 1 aliphatic rings. The third-order valence-corrected chi connectivity index (χ3v) is 4.51. The minimum absolute atomic E-state index is 0.0598. The zero-order chi connectivity index (χ0) is 14.6. The third kappa shape index (κ3) is 2.92. The van der Waals surface area contributed by atoms with Crippen molar-refractivity contribution >= 4 is 11.8 Å². The van der Waals surface area contributed by atoms with Crippen molar-refractivity contribution in [2.75, 3.05) is 0 Å². The molecule has 1 N–H and O–H groups in total. The normalized spacial score (nSPS) is 26.4. The number of imide groups is 1. The highest BCUT2D eigenvalue weighted by Crippen LogP contribution is 2.43. The fourth-order valence-electron chi connectivity index (χ4n) is 3.40. The molecular weight excluding hydrogens is 250 g/mol. The molecular formula is C17H23NO2. The van der Waals surface area contributed by atoms with Gasteiger partial charge in [-0.1, -0.05) is 50.6 Å². The lowest BCUT2D eigenvalue weighted by molar-refractivity contribution is -0.144. The van der Waals surface area contributed by atoms with Crippen LogP contribution in [0.4, 0.5) is 0 Å². The van der Waals surface area contributed by atoms with Gasteiger partial charge < -0.3 is 0 Å². The summed E-state index contributed by atoms with van der Waals surface area (Å²) in [4.78, 5) is 24.1. The fraction of sp³-hybridized carbons (Fsp3) is 0.529. The van der Waals surface area contributed by atoms with Gasteiger partial charge in [-0.15, -0.1) is 0 Å². The number of hydrogen-bond donors (Lipinski definition) is 1. The van der Waals surface area contributed by atoms with Crippen LogP contribution < -0.4 is 5.32 Å². The Bertz CT molecular complexity index is 483. The summed E-state index contributed by atoms with van der Waals surface area (Å²) in [7, 11) is 0. The fourth-order valence-corrected chi connectivity index (χ4v) is 3.40. The summed E-state index contributed by atoms with van der Waals surface area (Å²) in [6.07, 6.45) is 3.91. The van der Waals surface area contributed by atoms with Crippen LogP contribution in [0.25, 0.3) is 0 Å². The molecule has 0 aliphatic carbocycles. The summed E-state index contributed by atoms with van der Waals surface area (Å²) in [5.74, 6) is -0.267. The van der Waals surface area contributed by atoms with E-state index in [2.05, 4.69) is 31.3 Å². The van der Waals surface area contributed by atoms with Gasteiger partial charge in [-0.25, -0.2) is 0 Å². The maximum Gasteiger partial charge on any atom is 0.230 e. The number of nitrogens with one attached hydrogen (secondary N) is 1. The second-order valence-corrected chi connectivity index (χ2v) is 5.81. The molecule has 1 aliphatic heterocycles. The van der Waals surface area contributed by atoms with Crippen LogP contribution in [0, 0.1) is 11.3 Å². The van der Waals surface area contributed by atoms with Crippen molar-refractivity contribution in [1.29, 1.82) is 0 Å². The first kappa shape index (κ1) is 14.8. The standard InChI is InChI=1S/C17H23NO2/c1-3-8-14-16(20)18-15(19)12-17(14,4-2)11-13-9-6-5-7-10-13/h5-7,9-10,14H,3-4,8,11-12H2,1-2H3,(H,18,19,20). The van der Waals surface area contributed by atoms with Crippen molar-refractivity contribution in [3.05, 3.63) is 35.9 Å². The second kappa shape index (κ2) is 6.21. The van der Waals surface area contributed by atoms with E-state index in [1.54, 1.807) is 0 Å². The Kier molecular flexibility index (Phi) is 4.58. The molecule has 1 saturated heterocycles. The van der Waals surface area contributed by atoms with Gasteiger partial charge >= 0.3 is 0 Å². The molecule has 2 amide bonds. The molecule has 0 aromatic heterocycles. The van der Waals surface area contributed by atoms with Gasteiger partial charge in [-0.2, -0.15) is 0 Å². The van der Waals surface area contributed by atoms with Crippen LogP contribution in [0.5, 0.6) is 0 Å². The third-order valence-electron chi connectivity index (χ3n) is 4.51. The van der Waals surface area contributed by atoms with E-state index in [0.717, 1.165) is 25.7 Å². The smallest absolute Gasteiger partial charge is 0.230 e. The summed E-state index contributed by atoms with van der Waals surface area (Å²) < 4.78 is 0. The predicted octanol–water partition coefficient (Wildman–Crippen LogP) is 3.09. The van der Waals surface area contributed by atoms with Crippen LogP contribution in [0.3, 0.4) is 0 Å². The van der Waals surface area contributed by atoms with E-state index in [-0.39, 0.29) is 23.1 Å². The molecule has 108 valence electrons. The van der Waals surface area contributed by atoms with Crippen molar-refractivity contribution in [2.45, 2.75) is 46.0 Å². The first-order chi connectivity index (χ1) is 9.61. The molecule has 1 heterocycles. The van der Waals surface area contributed by atoms with Gasteiger partial charge in [0.25, 0.3) is 0 Å². The van der Waals surface area contributed by atoms with E-state index in [1.165, 1.54) is 5.56 Å². The van der Waals surface area contributed by atoms with Crippen molar-refractivity contribution in [2.24, 2.45) is 11.3 Å². The van der Waals surface area contributed by atoms with Crippen LogP contribution in [-0.4, -0.2) is 11.8 Å². The Balaban J connectivity index is 2.32. The Morgan fingerprint density at radius 1 is 1.20 bits per heavy atom. The highest BCUT2D eigenvalue weighted by Gasteiger charge is 2.46. The monoisotopic (exact) mass is 273 g/mol. The lowest BCUT2D eigenvalue weighted by atomic mass is 9.63. The van der Waals surface area contributed by atoms with E-state index < -0.39 is 0 Å². The predicted molar refractivity (Wildman–Crippen MR) is 79.0 cm³/mol. The molecule has 3 nitrogen and oxygen atoms in total. The van der Waals surface area contributed by atoms with Crippen LogP contribution in [0.1, 0.15) is 45.1 Å². The molecule has 1 aromatic rings. The summed E-state index contributed by atoms with van der Waals surface area (Å²) in [6.45, 7) is 4.18. The maximum absolute atomic E-state index is 12.2. The van der Waals surface area contributed by atoms with Crippen LogP contribution in [0.2, 0.25) is 0 Å². The Labute approximate surface area is 120 Å². The number of carbonyl (C=O) groups is 2. The lowest BCUT2D eigenvalue weighted by Crippen LogP contribution is -2.52. The Morgan fingerprint density at radius 3 is 2.50 bits per heavy atom. The number of benzene rings is 1. The van der Waals surface area contributed by atoms with Gasteiger partial charge in [-0.05, 0) is 30.2 Å². The summed E-state index contributed by atoms with van der Waals surface area (Å²) in [6, 6.07) is 10.2. The number of rotatable bonds is 5. The van der Waals surface area contributed by atoms with Gasteiger partial charge in [0.1, 0.15) is 0 Å². The van der Waals surface area contributed by atoms with Gasteiger partial charge in [-0.3, -0.25) is 14.9 Å². The van der Waals surface area contributed by atoms with Gasteiger partial charge in [0, 0.05) is 12.3 Å². The topological polar surface area (TPSA) is 46.2 Å². The maximum atomic E-state index is 12.2. The second-order valence-electron chi connectivity index (χ2n) is 5.81. The van der Waals surface area contributed by atoms with Crippen molar-refractivity contribution in [3.8, 4) is 0 Å². The van der Waals surface area contributed by atoms with Crippen molar-refractivity contribution < 1.29 is 9.59 Å². The first-order valence-corrected chi connectivity index (χ1v) is 7.49. The zero-order valence-corrected chi connectivity index (χ0v) is 12.3. The first-order valence-electron chi connectivity index (χ1n) is 7.49. The Hall–Kier alpha value is -1.64. The number of amides is 2. The molecule has 0 bridgehead atoms. The van der Waals surface area contributed by atoms with Crippen LogP contribution in [-0.2, 0) is 16.0 Å².